The summed E-state index contributed by atoms with van der Waals surface area (Å²) in [7, 11) is 0. The van der Waals surface area contributed by atoms with E-state index in [4.69, 9.17) is 11.6 Å². The Morgan fingerprint density at radius 2 is 1.79 bits per heavy atom. The number of para-hydroxylation sites is 2. The number of nitrogens with one attached hydrogen (secondary N) is 1. The van der Waals surface area contributed by atoms with Crippen LogP contribution in [0.4, 0.5) is 11.4 Å². The second-order valence-corrected chi connectivity index (χ2v) is 8.75. The number of rotatable bonds is 1. The van der Waals surface area contributed by atoms with Crippen LogP contribution < -0.4 is 10.2 Å². The lowest BCUT2D eigenvalue weighted by Crippen LogP contribution is -2.38. The van der Waals surface area contributed by atoms with Gasteiger partial charge >= 0.3 is 0 Å². The molecule has 0 saturated heterocycles. The van der Waals surface area contributed by atoms with Crippen LogP contribution in [0.25, 0.3) is 0 Å². The Morgan fingerprint density at radius 1 is 1.11 bits per heavy atom. The minimum Gasteiger partial charge on any atom is -0.357 e. The minimum absolute atomic E-state index is 0.0813. The van der Waals surface area contributed by atoms with Crippen LogP contribution in [-0.2, 0) is 9.59 Å². The van der Waals surface area contributed by atoms with Crippen molar-refractivity contribution in [2.45, 2.75) is 39.7 Å². The van der Waals surface area contributed by atoms with Crippen molar-refractivity contribution in [3.8, 4) is 0 Å². The Balaban J connectivity index is 2.00. The van der Waals surface area contributed by atoms with E-state index in [0.717, 1.165) is 29.1 Å². The molecule has 0 spiro atoms. The van der Waals surface area contributed by atoms with Gasteiger partial charge in [-0.1, -0.05) is 49.7 Å². The quantitative estimate of drug-likeness (QED) is 0.694. The van der Waals surface area contributed by atoms with Gasteiger partial charge in [0, 0.05) is 29.6 Å². The average molecular weight is 395 g/mol. The van der Waals surface area contributed by atoms with Crippen molar-refractivity contribution in [3.05, 3.63) is 70.4 Å². The number of ketones is 1. The Labute approximate surface area is 170 Å². The van der Waals surface area contributed by atoms with Crippen molar-refractivity contribution in [1.82, 2.24) is 0 Å². The van der Waals surface area contributed by atoms with Crippen molar-refractivity contribution >= 4 is 34.7 Å². The predicted molar refractivity (Wildman–Crippen MR) is 112 cm³/mol. The Kier molecular flexibility index (Phi) is 4.54. The first-order valence-corrected chi connectivity index (χ1v) is 9.82. The van der Waals surface area contributed by atoms with Gasteiger partial charge in [-0.2, -0.15) is 0 Å². The van der Waals surface area contributed by atoms with E-state index >= 15 is 0 Å². The third-order valence-electron chi connectivity index (χ3n) is 5.43. The van der Waals surface area contributed by atoms with Gasteiger partial charge in [0.15, 0.2) is 5.78 Å². The zero-order valence-corrected chi connectivity index (χ0v) is 17.0. The molecule has 1 atom stereocenters. The van der Waals surface area contributed by atoms with E-state index in [0.29, 0.717) is 17.0 Å². The number of halogens is 1. The van der Waals surface area contributed by atoms with Gasteiger partial charge in [0.05, 0.1) is 17.4 Å². The van der Waals surface area contributed by atoms with Crippen molar-refractivity contribution in [2.75, 3.05) is 10.2 Å². The lowest BCUT2D eigenvalue weighted by atomic mass is 9.73. The number of amides is 1. The second-order valence-electron chi connectivity index (χ2n) is 8.32. The fraction of sp³-hybridized carbons (Fsp3) is 0.304. The van der Waals surface area contributed by atoms with Gasteiger partial charge in [-0.3, -0.25) is 14.5 Å². The van der Waals surface area contributed by atoms with E-state index < -0.39 is 6.04 Å². The summed E-state index contributed by atoms with van der Waals surface area (Å²) in [6.45, 7) is 5.75. The molecule has 0 saturated carbocycles. The fourth-order valence-corrected chi connectivity index (χ4v) is 4.42. The van der Waals surface area contributed by atoms with Gasteiger partial charge < -0.3 is 5.32 Å². The summed E-state index contributed by atoms with van der Waals surface area (Å²) in [5.41, 5.74) is 3.93. The standard InChI is InChI=1S/C23H23ClN2O2/c1-14(27)26-19-7-5-4-6-17(19)25-18-12-23(2,3)13-20(28)21(18)22(26)15-8-10-16(24)11-9-15/h4-11,22,25H,12-13H2,1-3H3. The van der Waals surface area contributed by atoms with Crippen LogP contribution in [-0.4, -0.2) is 11.7 Å². The third-order valence-corrected chi connectivity index (χ3v) is 5.68. The summed E-state index contributed by atoms with van der Waals surface area (Å²) < 4.78 is 0. The Hall–Kier alpha value is -2.59. The van der Waals surface area contributed by atoms with E-state index in [1.807, 2.05) is 36.4 Å². The number of carbonyl (C=O) groups is 2. The molecule has 144 valence electrons. The van der Waals surface area contributed by atoms with Crippen LogP contribution in [0.15, 0.2) is 59.8 Å². The summed E-state index contributed by atoms with van der Waals surface area (Å²) in [6, 6.07) is 14.6. The maximum atomic E-state index is 13.3. The van der Waals surface area contributed by atoms with Crippen LogP contribution >= 0.6 is 11.6 Å². The Bertz CT molecular complexity index is 992. The minimum atomic E-state index is -0.482. The second kappa shape index (κ2) is 6.78. The van der Waals surface area contributed by atoms with Gasteiger partial charge in [-0.15, -0.1) is 0 Å². The maximum absolute atomic E-state index is 13.3. The van der Waals surface area contributed by atoms with Crippen LogP contribution in [0.1, 0.15) is 45.2 Å². The number of benzene rings is 2. The highest BCUT2D eigenvalue weighted by Crippen LogP contribution is 2.48. The predicted octanol–water partition coefficient (Wildman–Crippen LogP) is 5.50. The normalized spacial score (nSPS) is 20.8. The molecule has 1 heterocycles. The summed E-state index contributed by atoms with van der Waals surface area (Å²) in [4.78, 5) is 27.8. The highest BCUT2D eigenvalue weighted by Gasteiger charge is 2.42. The van der Waals surface area contributed by atoms with Gasteiger partial charge in [-0.05, 0) is 41.7 Å². The van der Waals surface area contributed by atoms with Crippen molar-refractivity contribution in [1.29, 1.82) is 0 Å². The van der Waals surface area contributed by atoms with Crippen molar-refractivity contribution < 1.29 is 9.59 Å². The molecular weight excluding hydrogens is 372 g/mol. The first kappa shape index (κ1) is 18.8. The number of Topliss-reactive ketones (excluding diaryl/α,β-unsaturated/α-hetero) is 1. The van der Waals surface area contributed by atoms with Gasteiger partial charge in [-0.25, -0.2) is 0 Å². The summed E-state index contributed by atoms with van der Waals surface area (Å²) in [5, 5.41) is 4.10. The first-order valence-electron chi connectivity index (χ1n) is 9.44. The summed E-state index contributed by atoms with van der Waals surface area (Å²) in [5.74, 6) is -0.0293. The molecule has 0 aromatic heterocycles. The SMILES string of the molecule is CC(=O)N1c2ccccc2NC2=C(C(=O)CC(C)(C)C2)C1c1ccc(Cl)cc1. The van der Waals surface area contributed by atoms with E-state index in [2.05, 4.69) is 19.2 Å². The van der Waals surface area contributed by atoms with E-state index in [1.165, 1.54) is 0 Å². The number of fused-ring (bicyclic) bond motifs is 1. The topological polar surface area (TPSA) is 49.4 Å². The van der Waals surface area contributed by atoms with Crippen molar-refractivity contribution in [2.24, 2.45) is 5.41 Å². The smallest absolute Gasteiger partial charge is 0.224 e. The van der Waals surface area contributed by atoms with Crippen LogP contribution in [0.2, 0.25) is 5.02 Å². The Morgan fingerprint density at radius 3 is 2.46 bits per heavy atom. The van der Waals surface area contributed by atoms with Crippen LogP contribution in [0, 0.1) is 5.41 Å². The molecule has 5 heteroatoms. The number of anilines is 2. The number of allylic oxidation sites excluding steroid dienone is 1. The third kappa shape index (κ3) is 3.22. The average Bonchev–Trinajstić information content (AvgIpc) is 2.75. The molecule has 28 heavy (non-hydrogen) atoms. The summed E-state index contributed by atoms with van der Waals surface area (Å²) >= 11 is 6.09. The van der Waals surface area contributed by atoms with Crippen LogP contribution in [0.3, 0.4) is 0 Å². The molecule has 2 aromatic carbocycles. The lowest BCUT2D eigenvalue weighted by Gasteiger charge is -2.36. The van der Waals surface area contributed by atoms with E-state index in [9.17, 15) is 9.59 Å². The number of hydrogen-bond donors (Lipinski definition) is 1. The number of nitrogens with zero attached hydrogens (tertiary/aromatic N) is 1. The van der Waals surface area contributed by atoms with E-state index in [-0.39, 0.29) is 17.1 Å². The zero-order chi connectivity index (χ0) is 20.1. The number of carbonyl (C=O) groups excluding carboxylic acids is 2. The van der Waals surface area contributed by atoms with E-state index in [1.54, 1.807) is 24.0 Å². The molecule has 1 unspecified atom stereocenters. The molecule has 1 N–H and O–H groups in total. The molecule has 1 aliphatic carbocycles. The number of hydrogen-bond acceptors (Lipinski definition) is 3. The lowest BCUT2D eigenvalue weighted by molar-refractivity contribution is -0.118. The van der Waals surface area contributed by atoms with Gasteiger partial charge in [0.25, 0.3) is 0 Å². The highest BCUT2D eigenvalue weighted by atomic mass is 35.5. The molecular formula is C23H23ClN2O2. The fourth-order valence-electron chi connectivity index (χ4n) is 4.30. The molecule has 4 nitrogen and oxygen atoms in total. The summed E-state index contributed by atoms with van der Waals surface area (Å²) in [6.07, 6.45) is 1.21. The zero-order valence-electron chi connectivity index (χ0n) is 16.3. The monoisotopic (exact) mass is 394 g/mol. The molecule has 0 fully saturated rings. The molecule has 2 aliphatic rings. The van der Waals surface area contributed by atoms with Crippen molar-refractivity contribution in [3.63, 3.8) is 0 Å². The van der Waals surface area contributed by atoms with Gasteiger partial charge in [0.1, 0.15) is 0 Å². The molecule has 0 radical (unpaired) electrons. The van der Waals surface area contributed by atoms with Gasteiger partial charge in [0.2, 0.25) is 5.91 Å². The highest BCUT2D eigenvalue weighted by molar-refractivity contribution is 6.30. The largest absolute Gasteiger partial charge is 0.357 e. The molecule has 1 aliphatic heterocycles. The van der Waals surface area contributed by atoms with Crippen LogP contribution in [0.5, 0.6) is 0 Å². The molecule has 1 amide bonds. The first-order chi connectivity index (χ1) is 13.3. The molecule has 4 rings (SSSR count). The molecule has 0 bridgehead atoms. The maximum Gasteiger partial charge on any atom is 0.224 e. The molecule has 2 aromatic rings.